The first-order valence-electron chi connectivity index (χ1n) is 11.3. The van der Waals surface area contributed by atoms with E-state index >= 15 is 0 Å². The molecule has 0 saturated carbocycles. The van der Waals surface area contributed by atoms with Crippen LogP contribution in [0.25, 0.3) is 11.1 Å². The van der Waals surface area contributed by atoms with Crippen LogP contribution in [0.2, 0.25) is 0 Å². The van der Waals surface area contributed by atoms with Gasteiger partial charge in [0.1, 0.15) is 5.75 Å². The molecule has 6 nitrogen and oxygen atoms in total. The van der Waals surface area contributed by atoms with Crippen molar-refractivity contribution < 1.29 is 4.74 Å². The normalized spacial score (nSPS) is 16.7. The summed E-state index contributed by atoms with van der Waals surface area (Å²) in [5.41, 5.74) is 6.92. The highest BCUT2D eigenvalue weighted by molar-refractivity contribution is 5.69. The van der Waals surface area contributed by atoms with Crippen LogP contribution in [-0.4, -0.2) is 47.6 Å². The van der Waals surface area contributed by atoms with Gasteiger partial charge in [-0.15, -0.1) is 0 Å². The van der Waals surface area contributed by atoms with Crippen LogP contribution in [0.5, 0.6) is 5.75 Å². The van der Waals surface area contributed by atoms with Crippen LogP contribution < -0.4 is 9.64 Å². The Morgan fingerprint density at radius 1 is 1.09 bits per heavy atom. The van der Waals surface area contributed by atoms with Crippen LogP contribution in [0, 0.1) is 13.8 Å². The van der Waals surface area contributed by atoms with E-state index < -0.39 is 0 Å². The monoisotopic (exact) mass is 431 g/mol. The van der Waals surface area contributed by atoms with Crippen LogP contribution in [0.3, 0.4) is 0 Å². The Morgan fingerprint density at radius 3 is 2.69 bits per heavy atom. The maximum Gasteiger partial charge on any atom is 0.225 e. The zero-order valence-corrected chi connectivity index (χ0v) is 19.8. The van der Waals surface area contributed by atoms with Crippen molar-refractivity contribution >= 4 is 5.95 Å². The second-order valence-electron chi connectivity index (χ2n) is 8.85. The Labute approximate surface area is 191 Å². The van der Waals surface area contributed by atoms with Gasteiger partial charge in [0.05, 0.1) is 18.8 Å². The van der Waals surface area contributed by atoms with Gasteiger partial charge < -0.3 is 9.64 Å². The molecule has 0 radical (unpaired) electrons. The molecule has 1 atom stereocenters. The van der Waals surface area contributed by atoms with E-state index in [9.17, 15) is 0 Å². The van der Waals surface area contributed by atoms with Crippen LogP contribution >= 0.6 is 0 Å². The molecule has 1 aromatic carbocycles. The highest BCUT2D eigenvalue weighted by atomic mass is 16.5. The van der Waals surface area contributed by atoms with E-state index in [0.29, 0.717) is 0 Å². The minimum atomic E-state index is 0.221. The van der Waals surface area contributed by atoms with E-state index in [-0.39, 0.29) is 6.04 Å². The highest BCUT2D eigenvalue weighted by Gasteiger charge is 2.29. The van der Waals surface area contributed by atoms with Crippen molar-refractivity contribution in [1.82, 2.24) is 19.9 Å². The van der Waals surface area contributed by atoms with Gasteiger partial charge in [0.15, 0.2) is 0 Å². The minimum Gasteiger partial charge on any atom is -0.496 e. The molecule has 0 bridgehead atoms. The number of likely N-dealkylation sites (tertiary alicyclic amines) is 1. The van der Waals surface area contributed by atoms with Gasteiger partial charge in [0.2, 0.25) is 5.95 Å². The molecule has 6 heteroatoms. The number of aromatic nitrogens is 3. The third-order valence-electron chi connectivity index (χ3n) is 6.26. The van der Waals surface area contributed by atoms with Gasteiger partial charge >= 0.3 is 0 Å². The van der Waals surface area contributed by atoms with Crippen LogP contribution in [0.15, 0.2) is 42.9 Å². The number of methoxy groups -OCH3 is 1. The number of ether oxygens (including phenoxy) is 1. The Balaban J connectivity index is 1.77. The number of benzene rings is 1. The molecular weight excluding hydrogens is 398 g/mol. The average molecular weight is 432 g/mol. The zero-order valence-electron chi connectivity index (χ0n) is 19.8. The zero-order chi connectivity index (χ0) is 22.7. The first-order valence-corrected chi connectivity index (χ1v) is 11.3. The summed E-state index contributed by atoms with van der Waals surface area (Å²) < 4.78 is 5.70. The van der Waals surface area contributed by atoms with Gasteiger partial charge in [-0.1, -0.05) is 18.6 Å². The summed E-state index contributed by atoms with van der Waals surface area (Å²) in [6.45, 7) is 6.08. The Hall–Kier alpha value is -2.99. The molecule has 1 aliphatic rings. The number of piperidine rings is 1. The van der Waals surface area contributed by atoms with E-state index in [1.165, 1.54) is 24.0 Å². The fourth-order valence-corrected chi connectivity index (χ4v) is 4.53. The third-order valence-corrected chi connectivity index (χ3v) is 6.26. The van der Waals surface area contributed by atoms with Crippen LogP contribution in [0.4, 0.5) is 5.95 Å². The molecule has 1 saturated heterocycles. The fourth-order valence-electron chi connectivity index (χ4n) is 4.53. The van der Waals surface area contributed by atoms with Gasteiger partial charge in [-0.25, -0.2) is 9.97 Å². The molecule has 3 aromatic rings. The summed E-state index contributed by atoms with van der Waals surface area (Å²) in [6, 6.07) is 8.77. The summed E-state index contributed by atoms with van der Waals surface area (Å²) in [4.78, 5) is 18.5. The maximum absolute atomic E-state index is 5.70. The fraction of sp³-hybridized carbons (Fsp3) is 0.423. The number of nitrogens with zero attached hydrogens (tertiary/aromatic N) is 5. The first-order chi connectivity index (χ1) is 15.5. The third kappa shape index (κ3) is 4.60. The van der Waals surface area contributed by atoms with E-state index in [4.69, 9.17) is 9.72 Å². The lowest BCUT2D eigenvalue weighted by atomic mass is 9.92. The van der Waals surface area contributed by atoms with Crippen molar-refractivity contribution in [3.8, 4) is 16.9 Å². The molecule has 3 heterocycles. The van der Waals surface area contributed by atoms with Gasteiger partial charge in [0, 0.05) is 50.4 Å². The molecule has 1 aliphatic heterocycles. The molecule has 32 heavy (non-hydrogen) atoms. The van der Waals surface area contributed by atoms with Crippen molar-refractivity contribution in [1.29, 1.82) is 0 Å². The topological polar surface area (TPSA) is 54.4 Å². The SMILES string of the molecule is COc1cc(C)ccc1CN1CCCC[C@H]1c1nc(N(C)C)ncc1-c1ccncc1C. The van der Waals surface area contributed by atoms with E-state index in [1.807, 2.05) is 37.6 Å². The summed E-state index contributed by atoms with van der Waals surface area (Å²) in [5.74, 6) is 1.70. The summed E-state index contributed by atoms with van der Waals surface area (Å²) >= 11 is 0. The molecule has 0 unspecified atom stereocenters. The second kappa shape index (κ2) is 9.65. The lowest BCUT2D eigenvalue weighted by Crippen LogP contribution is -2.34. The van der Waals surface area contributed by atoms with Gasteiger partial charge in [-0.2, -0.15) is 0 Å². The Bertz CT molecular complexity index is 1080. The van der Waals surface area contributed by atoms with Crippen LogP contribution in [-0.2, 0) is 6.54 Å². The predicted octanol–water partition coefficient (Wildman–Crippen LogP) is 4.96. The maximum atomic E-state index is 5.70. The standard InChI is InChI=1S/C26H33N5O/c1-18-9-10-20(24(14-18)32-5)17-31-13-7-6-8-23(31)25-22(16-28-26(29-25)30(3)4)21-11-12-27-15-19(21)2/h9-12,14-16,23H,6-8,13,17H2,1-5H3/t23-/m0/s1. The smallest absolute Gasteiger partial charge is 0.225 e. The van der Waals surface area contributed by atoms with Crippen molar-refractivity contribution in [2.24, 2.45) is 0 Å². The molecule has 2 aromatic heterocycles. The average Bonchev–Trinajstić information content (AvgIpc) is 2.80. The summed E-state index contributed by atoms with van der Waals surface area (Å²) in [5, 5.41) is 0. The lowest BCUT2D eigenvalue weighted by molar-refractivity contribution is 0.136. The molecule has 1 fully saturated rings. The van der Waals surface area contributed by atoms with Crippen LogP contribution in [0.1, 0.15) is 47.7 Å². The molecule has 168 valence electrons. The van der Waals surface area contributed by atoms with Gasteiger partial charge in [0.25, 0.3) is 0 Å². The van der Waals surface area contributed by atoms with Crippen molar-refractivity contribution in [2.45, 2.75) is 45.7 Å². The number of hydrogen-bond donors (Lipinski definition) is 0. The summed E-state index contributed by atoms with van der Waals surface area (Å²) in [6.07, 6.45) is 9.22. The molecule has 0 spiro atoms. The molecule has 0 aliphatic carbocycles. The molecular formula is C26H33N5O. The van der Waals surface area contributed by atoms with E-state index in [1.54, 1.807) is 7.11 Å². The van der Waals surface area contributed by atoms with Crippen molar-refractivity contribution in [3.05, 3.63) is 65.2 Å². The molecule has 0 N–H and O–H groups in total. The lowest BCUT2D eigenvalue weighted by Gasteiger charge is -2.37. The number of pyridine rings is 1. The Kier molecular flexibility index (Phi) is 6.70. The van der Waals surface area contributed by atoms with E-state index in [2.05, 4.69) is 53.0 Å². The quantitative estimate of drug-likeness (QED) is 0.550. The number of aryl methyl sites for hydroxylation is 2. The minimum absolute atomic E-state index is 0.221. The first kappa shape index (κ1) is 22.2. The summed E-state index contributed by atoms with van der Waals surface area (Å²) in [7, 11) is 5.74. The van der Waals surface area contributed by atoms with Gasteiger partial charge in [-0.05, 0) is 62.1 Å². The van der Waals surface area contributed by atoms with Gasteiger partial charge in [-0.3, -0.25) is 9.88 Å². The number of anilines is 1. The number of rotatable bonds is 6. The van der Waals surface area contributed by atoms with E-state index in [0.717, 1.165) is 53.6 Å². The number of hydrogen-bond acceptors (Lipinski definition) is 6. The molecule has 0 amide bonds. The second-order valence-corrected chi connectivity index (χ2v) is 8.85. The van der Waals surface area contributed by atoms with Crippen molar-refractivity contribution in [3.63, 3.8) is 0 Å². The molecule has 4 rings (SSSR count). The largest absolute Gasteiger partial charge is 0.496 e. The Morgan fingerprint density at radius 2 is 1.94 bits per heavy atom. The van der Waals surface area contributed by atoms with Crippen molar-refractivity contribution in [2.75, 3.05) is 32.6 Å². The predicted molar refractivity (Wildman–Crippen MR) is 129 cm³/mol. The highest BCUT2D eigenvalue weighted by Crippen LogP contribution is 2.38.